The molecule has 0 radical (unpaired) electrons. The maximum Gasteiger partial charge on any atom is 0.416 e. The first-order chi connectivity index (χ1) is 10.5. The molecule has 2 N–H and O–H groups in total. The molecule has 2 rings (SSSR count). The molecule has 0 bridgehead atoms. The SMILES string of the molecule is NCCC[C@H](Oc1ccc(C(F)(F)F)cc1)c1ccccc1. The van der Waals surface area contributed by atoms with E-state index in [9.17, 15) is 13.2 Å². The number of benzene rings is 2. The molecule has 0 saturated carbocycles. The number of nitrogens with two attached hydrogens (primary N) is 1. The number of hydrogen-bond donors (Lipinski definition) is 1. The summed E-state index contributed by atoms with van der Waals surface area (Å²) in [5.41, 5.74) is 5.84. The van der Waals surface area contributed by atoms with Crippen molar-refractivity contribution < 1.29 is 17.9 Å². The molecule has 0 fully saturated rings. The molecule has 0 spiro atoms. The van der Waals surface area contributed by atoms with Gasteiger partial charge in [-0.3, -0.25) is 0 Å². The van der Waals surface area contributed by atoms with E-state index in [-0.39, 0.29) is 6.10 Å². The Bertz CT molecular complexity index is 567. The zero-order chi connectivity index (χ0) is 16.0. The second-order valence-electron chi connectivity index (χ2n) is 4.97. The fraction of sp³-hybridized carbons (Fsp3) is 0.294. The van der Waals surface area contributed by atoms with Gasteiger partial charge in [0, 0.05) is 0 Å². The zero-order valence-corrected chi connectivity index (χ0v) is 12.0. The highest BCUT2D eigenvalue weighted by Crippen LogP contribution is 2.32. The van der Waals surface area contributed by atoms with Gasteiger partial charge in [0.25, 0.3) is 0 Å². The molecule has 0 aromatic heterocycles. The maximum atomic E-state index is 12.6. The van der Waals surface area contributed by atoms with Gasteiger partial charge in [-0.1, -0.05) is 30.3 Å². The molecule has 2 nitrogen and oxygen atoms in total. The van der Waals surface area contributed by atoms with Crippen LogP contribution in [0.2, 0.25) is 0 Å². The Labute approximate surface area is 127 Å². The predicted molar refractivity (Wildman–Crippen MR) is 79.5 cm³/mol. The van der Waals surface area contributed by atoms with Crippen molar-refractivity contribution in [2.24, 2.45) is 5.73 Å². The van der Waals surface area contributed by atoms with Crippen molar-refractivity contribution in [2.75, 3.05) is 6.54 Å². The molecule has 2 aromatic rings. The minimum atomic E-state index is -4.34. The Morgan fingerprint density at radius 2 is 1.59 bits per heavy atom. The Morgan fingerprint density at radius 3 is 2.14 bits per heavy atom. The summed E-state index contributed by atoms with van der Waals surface area (Å²) in [5.74, 6) is 0.416. The molecule has 118 valence electrons. The second-order valence-corrected chi connectivity index (χ2v) is 4.97. The van der Waals surface area contributed by atoms with Crippen molar-refractivity contribution in [3.8, 4) is 5.75 Å². The van der Waals surface area contributed by atoms with Gasteiger partial charge < -0.3 is 10.5 Å². The molecule has 0 saturated heterocycles. The first-order valence-corrected chi connectivity index (χ1v) is 7.09. The Kier molecular flexibility index (Phi) is 5.44. The van der Waals surface area contributed by atoms with Crippen LogP contribution in [0.4, 0.5) is 13.2 Å². The van der Waals surface area contributed by atoms with Crippen LogP contribution in [-0.4, -0.2) is 6.54 Å². The molecular formula is C17H18F3NO. The standard InChI is InChI=1S/C17H18F3NO/c18-17(19,20)14-8-10-15(11-9-14)22-16(7-4-12-21)13-5-2-1-3-6-13/h1-3,5-6,8-11,16H,4,7,12,21H2/t16-/m0/s1. The molecule has 0 aliphatic carbocycles. The van der Waals surface area contributed by atoms with Gasteiger partial charge in [-0.25, -0.2) is 0 Å². The van der Waals surface area contributed by atoms with Crippen LogP contribution in [0.3, 0.4) is 0 Å². The molecule has 0 unspecified atom stereocenters. The number of rotatable bonds is 6. The first-order valence-electron chi connectivity index (χ1n) is 7.09. The normalized spacial score (nSPS) is 12.9. The summed E-state index contributed by atoms with van der Waals surface area (Å²) in [4.78, 5) is 0. The molecular weight excluding hydrogens is 291 g/mol. The average Bonchev–Trinajstić information content (AvgIpc) is 2.52. The molecule has 1 atom stereocenters. The lowest BCUT2D eigenvalue weighted by atomic mass is 10.0. The van der Waals surface area contributed by atoms with Gasteiger partial charge in [0.2, 0.25) is 0 Å². The monoisotopic (exact) mass is 309 g/mol. The molecule has 0 heterocycles. The van der Waals surface area contributed by atoms with Crippen LogP contribution in [0.5, 0.6) is 5.75 Å². The third-order valence-electron chi connectivity index (χ3n) is 3.30. The molecule has 22 heavy (non-hydrogen) atoms. The number of hydrogen-bond acceptors (Lipinski definition) is 2. The zero-order valence-electron chi connectivity index (χ0n) is 12.0. The highest BCUT2D eigenvalue weighted by molar-refractivity contribution is 5.30. The van der Waals surface area contributed by atoms with Crippen LogP contribution in [0.15, 0.2) is 54.6 Å². The highest BCUT2D eigenvalue weighted by Gasteiger charge is 2.30. The topological polar surface area (TPSA) is 35.2 Å². The summed E-state index contributed by atoms with van der Waals surface area (Å²) in [6.07, 6.45) is -3.07. The Morgan fingerprint density at radius 1 is 0.955 bits per heavy atom. The number of alkyl halides is 3. The third-order valence-corrected chi connectivity index (χ3v) is 3.30. The summed E-state index contributed by atoms with van der Waals surface area (Å²) in [5, 5.41) is 0. The first kappa shape index (κ1) is 16.4. The van der Waals surface area contributed by atoms with E-state index in [1.54, 1.807) is 0 Å². The number of halogens is 3. The lowest BCUT2D eigenvalue weighted by Gasteiger charge is -2.20. The second kappa shape index (κ2) is 7.31. The van der Waals surface area contributed by atoms with Crippen LogP contribution >= 0.6 is 0 Å². The summed E-state index contributed by atoms with van der Waals surface area (Å²) in [7, 11) is 0. The van der Waals surface area contributed by atoms with Crippen molar-refractivity contribution in [3.05, 3.63) is 65.7 Å². The van der Waals surface area contributed by atoms with Crippen molar-refractivity contribution in [2.45, 2.75) is 25.1 Å². The summed E-state index contributed by atoms with van der Waals surface area (Å²) in [6, 6.07) is 14.3. The molecule has 2 aromatic carbocycles. The van der Waals surface area contributed by atoms with Gasteiger partial charge in [0.05, 0.1) is 5.56 Å². The average molecular weight is 309 g/mol. The van der Waals surface area contributed by atoms with Crippen LogP contribution in [0.1, 0.15) is 30.1 Å². The molecule has 0 aliphatic rings. The van der Waals surface area contributed by atoms with Gasteiger partial charge in [0.15, 0.2) is 0 Å². The third kappa shape index (κ3) is 4.49. The number of ether oxygens (including phenoxy) is 1. The molecule has 0 aliphatic heterocycles. The van der Waals surface area contributed by atoms with Gasteiger partial charge in [-0.2, -0.15) is 13.2 Å². The quantitative estimate of drug-likeness (QED) is 0.848. The van der Waals surface area contributed by atoms with Gasteiger partial charge in [-0.15, -0.1) is 0 Å². The van der Waals surface area contributed by atoms with Crippen LogP contribution < -0.4 is 10.5 Å². The largest absolute Gasteiger partial charge is 0.486 e. The summed E-state index contributed by atoms with van der Waals surface area (Å²) >= 11 is 0. The van der Waals surface area contributed by atoms with E-state index in [1.807, 2.05) is 30.3 Å². The van der Waals surface area contributed by atoms with Gasteiger partial charge in [-0.05, 0) is 49.2 Å². The van der Waals surface area contributed by atoms with E-state index in [0.29, 0.717) is 18.7 Å². The minimum absolute atomic E-state index is 0.221. The highest BCUT2D eigenvalue weighted by atomic mass is 19.4. The van der Waals surface area contributed by atoms with Crippen LogP contribution in [-0.2, 0) is 6.18 Å². The van der Waals surface area contributed by atoms with E-state index >= 15 is 0 Å². The van der Waals surface area contributed by atoms with Crippen molar-refractivity contribution in [1.82, 2.24) is 0 Å². The minimum Gasteiger partial charge on any atom is -0.486 e. The lowest BCUT2D eigenvalue weighted by molar-refractivity contribution is -0.137. The van der Waals surface area contributed by atoms with Crippen molar-refractivity contribution in [3.63, 3.8) is 0 Å². The fourth-order valence-electron chi connectivity index (χ4n) is 2.15. The van der Waals surface area contributed by atoms with E-state index in [2.05, 4.69) is 0 Å². The summed E-state index contributed by atoms with van der Waals surface area (Å²) < 4.78 is 43.5. The Balaban J connectivity index is 2.13. The Hall–Kier alpha value is -2.01. The van der Waals surface area contributed by atoms with E-state index in [4.69, 9.17) is 10.5 Å². The van der Waals surface area contributed by atoms with E-state index < -0.39 is 11.7 Å². The smallest absolute Gasteiger partial charge is 0.416 e. The fourth-order valence-corrected chi connectivity index (χ4v) is 2.15. The summed E-state index contributed by atoms with van der Waals surface area (Å²) in [6.45, 7) is 0.541. The molecule has 5 heteroatoms. The van der Waals surface area contributed by atoms with Crippen molar-refractivity contribution in [1.29, 1.82) is 0 Å². The predicted octanol–water partition coefficient (Wildman–Crippen LogP) is 4.56. The van der Waals surface area contributed by atoms with E-state index in [0.717, 1.165) is 24.1 Å². The van der Waals surface area contributed by atoms with Gasteiger partial charge >= 0.3 is 6.18 Å². The van der Waals surface area contributed by atoms with Crippen LogP contribution in [0.25, 0.3) is 0 Å². The lowest BCUT2D eigenvalue weighted by Crippen LogP contribution is -2.11. The van der Waals surface area contributed by atoms with Crippen LogP contribution in [0, 0.1) is 0 Å². The van der Waals surface area contributed by atoms with E-state index in [1.165, 1.54) is 12.1 Å². The maximum absolute atomic E-state index is 12.6. The van der Waals surface area contributed by atoms with Crippen molar-refractivity contribution >= 4 is 0 Å². The molecule has 0 amide bonds. The van der Waals surface area contributed by atoms with Gasteiger partial charge in [0.1, 0.15) is 11.9 Å².